The molecule has 0 spiro atoms. The number of carbonyl (C=O) groups excluding carboxylic acids is 3. The van der Waals surface area contributed by atoms with E-state index in [2.05, 4.69) is 87.1 Å². The van der Waals surface area contributed by atoms with Gasteiger partial charge in [-0.05, 0) is 72.9 Å². The van der Waals surface area contributed by atoms with E-state index in [1.807, 2.05) is 45.2 Å². The molecule has 4 amide bonds. The second kappa shape index (κ2) is 17.0. The highest BCUT2D eigenvalue weighted by molar-refractivity contribution is 6.05. The van der Waals surface area contributed by atoms with Gasteiger partial charge in [0.1, 0.15) is 5.82 Å². The van der Waals surface area contributed by atoms with Crippen LogP contribution < -0.4 is 25.3 Å². The molecule has 0 unspecified atom stereocenters. The summed E-state index contributed by atoms with van der Waals surface area (Å²) in [5.41, 5.74) is 6.86. The normalized spacial score (nSPS) is 16.9. The summed E-state index contributed by atoms with van der Waals surface area (Å²) in [5.74, 6) is -0.349. The van der Waals surface area contributed by atoms with Crippen LogP contribution in [-0.2, 0) is 16.8 Å². The Bertz CT molecular complexity index is 2590. The van der Waals surface area contributed by atoms with Crippen LogP contribution in [0.1, 0.15) is 62.1 Å². The molecule has 0 radical (unpaired) electrons. The molecule has 3 aromatic carbocycles. The predicted molar refractivity (Wildman–Crippen MR) is 234 cm³/mol. The Hall–Kier alpha value is -6.68. The second-order valence-corrected chi connectivity index (χ2v) is 17.4. The number of pyridine rings is 1. The van der Waals surface area contributed by atoms with E-state index in [0.717, 1.165) is 80.9 Å². The van der Waals surface area contributed by atoms with Crippen molar-refractivity contribution in [2.75, 3.05) is 67.1 Å². The highest BCUT2D eigenvalue weighted by Gasteiger charge is 2.27. The third-order valence-corrected chi connectivity index (χ3v) is 12.1. The second-order valence-electron chi connectivity index (χ2n) is 17.4. The molecule has 3 aliphatic rings. The number of imide groups is 1. The fourth-order valence-corrected chi connectivity index (χ4v) is 8.44. The number of urea groups is 1. The maximum absolute atomic E-state index is 15.4. The lowest BCUT2D eigenvalue weighted by Gasteiger charge is -2.40. The van der Waals surface area contributed by atoms with E-state index in [1.54, 1.807) is 17.0 Å². The monoisotopic (exact) mass is 839 g/mol. The number of piperidine rings is 1. The molecular weight excluding hydrogens is 790 g/mol. The van der Waals surface area contributed by atoms with Gasteiger partial charge in [-0.15, -0.1) is 0 Å². The summed E-state index contributed by atoms with van der Waals surface area (Å²) in [6, 6.07) is 23.2. The summed E-state index contributed by atoms with van der Waals surface area (Å²) in [5, 5.41) is 17.1. The average Bonchev–Trinajstić information content (AvgIpc) is 3.96. The molecule has 0 saturated carbocycles. The molecule has 3 aromatic heterocycles. The first kappa shape index (κ1) is 40.7. The zero-order valence-corrected chi connectivity index (χ0v) is 35.2. The van der Waals surface area contributed by atoms with Crippen molar-refractivity contribution in [1.29, 1.82) is 0 Å². The predicted octanol–water partition coefficient (Wildman–Crippen LogP) is 6.53. The van der Waals surface area contributed by atoms with E-state index >= 15 is 4.39 Å². The minimum absolute atomic E-state index is 0.0475. The molecule has 3 fully saturated rings. The fourth-order valence-electron chi connectivity index (χ4n) is 8.44. The van der Waals surface area contributed by atoms with Gasteiger partial charge in [-0.3, -0.25) is 29.8 Å². The van der Waals surface area contributed by atoms with Crippen molar-refractivity contribution in [3.8, 4) is 22.4 Å². The summed E-state index contributed by atoms with van der Waals surface area (Å²) in [6.07, 6.45) is 4.42. The van der Waals surface area contributed by atoms with Crippen molar-refractivity contribution in [2.45, 2.75) is 52.0 Å². The Kier molecular flexibility index (Phi) is 11.2. The number of amides is 4. The summed E-state index contributed by atoms with van der Waals surface area (Å²) in [4.78, 5) is 54.2. The van der Waals surface area contributed by atoms with Crippen molar-refractivity contribution in [2.24, 2.45) is 5.92 Å². The van der Waals surface area contributed by atoms with Gasteiger partial charge in [0.25, 0.3) is 0 Å². The van der Waals surface area contributed by atoms with Crippen molar-refractivity contribution < 1.29 is 23.3 Å². The number of nitrogens with one attached hydrogen (secondary N) is 3. The van der Waals surface area contributed by atoms with Crippen LogP contribution in [0.5, 0.6) is 0 Å². The van der Waals surface area contributed by atoms with Crippen LogP contribution in [0, 0.1) is 11.7 Å². The van der Waals surface area contributed by atoms with Crippen molar-refractivity contribution in [3.63, 3.8) is 0 Å². The SMILES string of the molecule is CC(C)(C)c1noc(C(=O)NCc2ccc(-c3[nH]nc4ncc(-c5ccc(N6CCN(CC7CCN(c8ccc(N9CCC(=O)NC9=O)cc8)CC7)CC6)cc5)cc34)cc2F)n1. The van der Waals surface area contributed by atoms with Gasteiger partial charge in [0.15, 0.2) is 11.5 Å². The Morgan fingerprint density at radius 1 is 0.839 bits per heavy atom. The minimum atomic E-state index is -0.570. The molecule has 16 heteroatoms. The standard InChI is InChI=1S/C46H50FN11O4/c1-46(2,3)44-51-43(62-54-44)42(60)49-26-32-5-4-31(25-38(32)47)40-37-24-33(27-48-41(37)53-52-40)30-6-8-34(9-7-30)57-22-20-55(21-23-57)28-29-14-17-56(18-15-29)35-10-12-36(13-11-35)58-19-16-39(59)50-45(58)61/h4-13,24-25,27,29H,14-23,26,28H2,1-3H3,(H,49,60)(H,48,52,53)(H,50,59,61). The van der Waals surface area contributed by atoms with Crippen LogP contribution in [0.25, 0.3) is 33.4 Å². The highest BCUT2D eigenvalue weighted by Crippen LogP contribution is 2.32. The number of aromatic amines is 1. The smallest absolute Gasteiger partial charge is 0.328 e. The van der Waals surface area contributed by atoms with E-state index in [-0.39, 0.29) is 29.8 Å². The zero-order chi connectivity index (χ0) is 43.0. The van der Waals surface area contributed by atoms with Gasteiger partial charge in [-0.2, -0.15) is 10.1 Å². The molecule has 6 heterocycles. The van der Waals surface area contributed by atoms with Gasteiger partial charge in [-0.1, -0.05) is 50.2 Å². The zero-order valence-electron chi connectivity index (χ0n) is 35.2. The number of rotatable bonds is 10. The van der Waals surface area contributed by atoms with Crippen LogP contribution in [0.15, 0.2) is 83.5 Å². The van der Waals surface area contributed by atoms with E-state index in [4.69, 9.17) is 4.52 Å². The number of aromatic nitrogens is 5. The number of piperazine rings is 1. The number of hydrogen-bond acceptors (Lipinski definition) is 11. The van der Waals surface area contributed by atoms with E-state index in [9.17, 15) is 14.4 Å². The summed E-state index contributed by atoms with van der Waals surface area (Å²) >= 11 is 0. The molecule has 3 saturated heterocycles. The number of halogens is 1. The molecule has 320 valence electrons. The number of nitrogens with zero attached hydrogens (tertiary/aromatic N) is 8. The van der Waals surface area contributed by atoms with Gasteiger partial charge in [-0.25, -0.2) is 14.2 Å². The largest absolute Gasteiger partial charge is 0.372 e. The fraction of sp³-hybridized carbons (Fsp3) is 0.370. The van der Waals surface area contributed by atoms with Crippen LogP contribution in [-0.4, -0.2) is 100 Å². The first-order valence-corrected chi connectivity index (χ1v) is 21.2. The highest BCUT2D eigenvalue weighted by atomic mass is 19.1. The number of carbonyl (C=O) groups is 3. The van der Waals surface area contributed by atoms with Crippen LogP contribution in [0.4, 0.5) is 26.2 Å². The summed E-state index contributed by atoms with van der Waals surface area (Å²) in [7, 11) is 0. The number of fused-ring (bicyclic) bond motifs is 1. The van der Waals surface area contributed by atoms with E-state index < -0.39 is 11.7 Å². The van der Waals surface area contributed by atoms with Crippen LogP contribution in [0.2, 0.25) is 0 Å². The third-order valence-electron chi connectivity index (χ3n) is 12.1. The molecule has 0 atom stereocenters. The van der Waals surface area contributed by atoms with Crippen LogP contribution in [0.3, 0.4) is 0 Å². The molecule has 0 aliphatic carbocycles. The molecule has 3 N–H and O–H groups in total. The van der Waals surface area contributed by atoms with Gasteiger partial charge < -0.3 is 19.6 Å². The summed E-state index contributed by atoms with van der Waals surface area (Å²) in [6.45, 7) is 13.2. The lowest BCUT2D eigenvalue weighted by atomic mass is 9.95. The molecule has 3 aliphatic heterocycles. The summed E-state index contributed by atoms with van der Waals surface area (Å²) < 4.78 is 20.5. The van der Waals surface area contributed by atoms with Crippen molar-refractivity contribution >= 4 is 45.9 Å². The first-order chi connectivity index (χ1) is 29.9. The lowest BCUT2D eigenvalue weighted by Crippen LogP contribution is -2.49. The third kappa shape index (κ3) is 8.73. The number of hydrogen-bond donors (Lipinski definition) is 3. The first-order valence-electron chi connectivity index (χ1n) is 21.2. The Labute approximate surface area is 358 Å². The quantitative estimate of drug-likeness (QED) is 0.137. The molecule has 62 heavy (non-hydrogen) atoms. The Morgan fingerprint density at radius 2 is 1.52 bits per heavy atom. The molecule has 0 bridgehead atoms. The molecule has 15 nitrogen and oxygen atoms in total. The van der Waals surface area contributed by atoms with Gasteiger partial charge in [0.05, 0.1) is 5.69 Å². The van der Waals surface area contributed by atoms with Crippen molar-refractivity contribution in [3.05, 3.63) is 102 Å². The minimum Gasteiger partial charge on any atom is -0.372 e. The number of benzene rings is 3. The van der Waals surface area contributed by atoms with Gasteiger partial charge in [0.2, 0.25) is 5.91 Å². The number of anilines is 3. The lowest BCUT2D eigenvalue weighted by molar-refractivity contribution is -0.120. The number of H-pyrrole nitrogens is 1. The Morgan fingerprint density at radius 3 is 2.19 bits per heavy atom. The maximum atomic E-state index is 15.4. The van der Waals surface area contributed by atoms with Crippen molar-refractivity contribution in [1.82, 2.24) is 40.9 Å². The van der Waals surface area contributed by atoms with E-state index in [1.165, 1.54) is 17.4 Å². The molecule has 9 rings (SSSR count). The average molecular weight is 840 g/mol. The van der Waals surface area contributed by atoms with Crippen LogP contribution >= 0.6 is 0 Å². The van der Waals surface area contributed by atoms with Gasteiger partial charge >= 0.3 is 17.8 Å². The molecular formula is C46H50FN11O4. The Balaban J connectivity index is 0.759. The topological polar surface area (TPSA) is 169 Å². The van der Waals surface area contributed by atoms with Gasteiger partial charge in [0, 0.05) is 116 Å². The molecule has 6 aromatic rings. The maximum Gasteiger partial charge on any atom is 0.328 e. The van der Waals surface area contributed by atoms with E-state index in [0.29, 0.717) is 47.2 Å².